The van der Waals surface area contributed by atoms with Crippen LogP contribution in [0.1, 0.15) is 22.5 Å². The molecule has 2 heterocycles. The Hall–Kier alpha value is -2.11. The second-order valence-corrected chi connectivity index (χ2v) is 4.31. The number of nitrogens with zero attached hydrogens (tertiary/aromatic N) is 2. The van der Waals surface area contributed by atoms with Crippen molar-refractivity contribution in [3.8, 4) is 0 Å². The third-order valence-corrected chi connectivity index (χ3v) is 2.90. The fourth-order valence-corrected chi connectivity index (χ4v) is 1.90. The van der Waals surface area contributed by atoms with E-state index in [4.69, 9.17) is 5.73 Å². The highest BCUT2D eigenvalue weighted by molar-refractivity contribution is 5.99. The van der Waals surface area contributed by atoms with E-state index in [1.54, 1.807) is 11.0 Å². The Morgan fingerprint density at radius 1 is 1.50 bits per heavy atom. The molecule has 2 rings (SSSR count). The molecule has 0 spiro atoms. The number of hydrogen-bond acceptors (Lipinski definition) is 4. The summed E-state index contributed by atoms with van der Waals surface area (Å²) in [5.74, 6) is -0.197. The Balaban J connectivity index is 2.17. The molecule has 0 bridgehead atoms. The van der Waals surface area contributed by atoms with Gasteiger partial charge in [-0.2, -0.15) is 0 Å². The van der Waals surface area contributed by atoms with Gasteiger partial charge in [-0.05, 0) is 13.0 Å². The third-order valence-electron chi connectivity index (χ3n) is 2.90. The van der Waals surface area contributed by atoms with Crippen LogP contribution in [0.3, 0.4) is 0 Å². The van der Waals surface area contributed by atoms with Gasteiger partial charge in [0.25, 0.3) is 5.91 Å². The van der Waals surface area contributed by atoms with Crippen molar-refractivity contribution in [3.05, 3.63) is 23.5 Å². The summed E-state index contributed by atoms with van der Waals surface area (Å²) in [5.41, 5.74) is 7.43. The van der Waals surface area contributed by atoms with Gasteiger partial charge in [-0.15, -0.1) is 0 Å². The van der Waals surface area contributed by atoms with Crippen LogP contribution < -0.4 is 11.1 Å². The zero-order valence-electron chi connectivity index (χ0n) is 10.3. The first-order chi connectivity index (χ1) is 8.58. The van der Waals surface area contributed by atoms with Gasteiger partial charge in [-0.3, -0.25) is 14.6 Å². The van der Waals surface area contributed by atoms with Crippen LogP contribution in [-0.2, 0) is 4.79 Å². The molecular weight excluding hydrogens is 232 g/mol. The fraction of sp³-hybridized carbons (Fsp3) is 0.417. The maximum atomic E-state index is 12.3. The number of anilines is 1. The highest BCUT2D eigenvalue weighted by Crippen LogP contribution is 2.14. The molecule has 96 valence electrons. The van der Waals surface area contributed by atoms with Gasteiger partial charge >= 0.3 is 0 Å². The standard InChI is InChI=1S/C12H16N4O2/c1-8-6-10(13)9(7-15-8)12(18)16-4-2-11(17)14-3-5-16/h6-7H,2-5H2,1H3,(H2,13,15)(H,14,17). The first-order valence-electron chi connectivity index (χ1n) is 5.86. The van der Waals surface area contributed by atoms with Crippen LogP contribution in [-0.4, -0.2) is 41.3 Å². The van der Waals surface area contributed by atoms with Crippen molar-refractivity contribution in [2.45, 2.75) is 13.3 Å². The molecule has 1 aliphatic heterocycles. The minimum absolute atomic E-state index is 0.0275. The summed E-state index contributed by atoms with van der Waals surface area (Å²) in [7, 11) is 0. The second-order valence-electron chi connectivity index (χ2n) is 4.31. The van der Waals surface area contributed by atoms with E-state index in [0.717, 1.165) is 5.69 Å². The predicted octanol–water partition coefficient (Wildman–Crippen LogP) is -0.0657. The van der Waals surface area contributed by atoms with Crippen LogP contribution in [0.5, 0.6) is 0 Å². The molecule has 3 N–H and O–H groups in total. The fourth-order valence-electron chi connectivity index (χ4n) is 1.90. The molecule has 1 aromatic heterocycles. The molecule has 2 amide bonds. The van der Waals surface area contributed by atoms with Crippen LogP contribution in [0, 0.1) is 6.92 Å². The lowest BCUT2D eigenvalue weighted by Gasteiger charge is -2.20. The number of aromatic nitrogens is 1. The van der Waals surface area contributed by atoms with Gasteiger partial charge in [0.2, 0.25) is 5.91 Å². The normalized spacial score (nSPS) is 16.1. The summed E-state index contributed by atoms with van der Waals surface area (Å²) in [6, 6.07) is 1.68. The number of nitrogens with one attached hydrogen (secondary N) is 1. The number of carbonyl (C=O) groups excluding carboxylic acids is 2. The van der Waals surface area contributed by atoms with Crippen molar-refractivity contribution in [1.29, 1.82) is 0 Å². The molecule has 0 unspecified atom stereocenters. The Morgan fingerprint density at radius 2 is 2.28 bits per heavy atom. The number of aryl methyl sites for hydroxylation is 1. The Kier molecular flexibility index (Phi) is 3.45. The lowest BCUT2D eigenvalue weighted by molar-refractivity contribution is -0.120. The van der Waals surface area contributed by atoms with Crippen LogP contribution in [0.4, 0.5) is 5.69 Å². The van der Waals surface area contributed by atoms with Crippen molar-refractivity contribution >= 4 is 17.5 Å². The minimum atomic E-state index is -0.170. The van der Waals surface area contributed by atoms with Crippen molar-refractivity contribution in [2.24, 2.45) is 0 Å². The first kappa shape index (κ1) is 12.3. The summed E-state index contributed by atoms with van der Waals surface area (Å²) < 4.78 is 0. The van der Waals surface area contributed by atoms with Gasteiger partial charge in [0.15, 0.2) is 0 Å². The smallest absolute Gasteiger partial charge is 0.257 e. The summed E-state index contributed by atoms with van der Waals surface area (Å²) in [5, 5.41) is 2.72. The maximum absolute atomic E-state index is 12.3. The lowest BCUT2D eigenvalue weighted by Crippen LogP contribution is -2.34. The van der Waals surface area contributed by atoms with E-state index in [9.17, 15) is 9.59 Å². The number of pyridine rings is 1. The molecule has 1 aromatic rings. The topological polar surface area (TPSA) is 88.3 Å². The zero-order chi connectivity index (χ0) is 13.1. The summed E-state index contributed by atoms with van der Waals surface area (Å²) >= 11 is 0. The highest BCUT2D eigenvalue weighted by atomic mass is 16.2. The predicted molar refractivity (Wildman–Crippen MR) is 66.9 cm³/mol. The molecule has 0 aromatic carbocycles. The average molecular weight is 248 g/mol. The highest BCUT2D eigenvalue weighted by Gasteiger charge is 2.21. The van der Waals surface area contributed by atoms with Gasteiger partial charge in [0.05, 0.1) is 5.56 Å². The quantitative estimate of drug-likeness (QED) is 0.728. The lowest BCUT2D eigenvalue weighted by atomic mass is 10.2. The number of nitrogen functional groups attached to an aromatic ring is 1. The number of nitrogens with two attached hydrogens (primary N) is 1. The maximum Gasteiger partial charge on any atom is 0.257 e. The molecule has 1 saturated heterocycles. The SMILES string of the molecule is Cc1cc(N)c(C(=O)N2CCNC(=O)CC2)cn1. The van der Waals surface area contributed by atoms with Gasteiger partial charge in [0.1, 0.15) is 0 Å². The van der Waals surface area contributed by atoms with E-state index in [0.29, 0.717) is 37.3 Å². The molecule has 1 fully saturated rings. The number of rotatable bonds is 1. The van der Waals surface area contributed by atoms with Crippen LogP contribution >= 0.6 is 0 Å². The van der Waals surface area contributed by atoms with Crippen molar-refractivity contribution in [2.75, 3.05) is 25.4 Å². The largest absolute Gasteiger partial charge is 0.398 e. The summed E-state index contributed by atoms with van der Waals surface area (Å²) in [6.45, 7) is 3.21. The second kappa shape index (κ2) is 5.03. The molecule has 0 saturated carbocycles. The van der Waals surface area contributed by atoms with Gasteiger partial charge in [-0.1, -0.05) is 0 Å². The Labute approximate surface area is 105 Å². The Morgan fingerprint density at radius 3 is 3.00 bits per heavy atom. The third kappa shape index (κ3) is 2.58. The van der Waals surface area contributed by atoms with Crippen molar-refractivity contribution < 1.29 is 9.59 Å². The molecule has 1 aliphatic rings. The molecule has 6 nitrogen and oxygen atoms in total. The van der Waals surface area contributed by atoms with E-state index >= 15 is 0 Å². The average Bonchev–Trinajstić information content (AvgIpc) is 2.53. The monoisotopic (exact) mass is 248 g/mol. The minimum Gasteiger partial charge on any atom is -0.398 e. The van der Waals surface area contributed by atoms with Crippen molar-refractivity contribution in [3.63, 3.8) is 0 Å². The molecule has 18 heavy (non-hydrogen) atoms. The molecule has 6 heteroatoms. The van der Waals surface area contributed by atoms with E-state index in [-0.39, 0.29) is 11.8 Å². The molecule has 0 radical (unpaired) electrons. The van der Waals surface area contributed by atoms with E-state index < -0.39 is 0 Å². The van der Waals surface area contributed by atoms with Gasteiger partial charge in [0, 0.05) is 43.6 Å². The Bertz CT molecular complexity index is 487. The van der Waals surface area contributed by atoms with E-state index in [1.165, 1.54) is 6.20 Å². The van der Waals surface area contributed by atoms with E-state index in [1.807, 2.05) is 6.92 Å². The molecule has 0 atom stereocenters. The number of amides is 2. The molecular formula is C12H16N4O2. The van der Waals surface area contributed by atoms with Crippen LogP contribution in [0.2, 0.25) is 0 Å². The van der Waals surface area contributed by atoms with Gasteiger partial charge < -0.3 is 16.0 Å². The van der Waals surface area contributed by atoms with Crippen molar-refractivity contribution in [1.82, 2.24) is 15.2 Å². The zero-order valence-corrected chi connectivity index (χ0v) is 10.3. The number of carbonyl (C=O) groups is 2. The summed E-state index contributed by atoms with van der Waals surface area (Å²) in [6.07, 6.45) is 1.82. The van der Waals surface area contributed by atoms with Gasteiger partial charge in [-0.25, -0.2) is 0 Å². The van der Waals surface area contributed by atoms with Crippen LogP contribution in [0.25, 0.3) is 0 Å². The number of hydrogen-bond donors (Lipinski definition) is 2. The van der Waals surface area contributed by atoms with Crippen LogP contribution in [0.15, 0.2) is 12.3 Å². The summed E-state index contributed by atoms with van der Waals surface area (Å²) in [4.78, 5) is 29.2. The van der Waals surface area contributed by atoms with E-state index in [2.05, 4.69) is 10.3 Å². The molecule has 0 aliphatic carbocycles. The first-order valence-corrected chi connectivity index (χ1v) is 5.86.